The number of aromatic nitrogens is 2. The van der Waals surface area contributed by atoms with Crippen LogP contribution in [-0.4, -0.2) is 11.5 Å². The van der Waals surface area contributed by atoms with Gasteiger partial charge in [0.25, 0.3) is 0 Å². The van der Waals surface area contributed by atoms with Gasteiger partial charge in [0.1, 0.15) is 5.69 Å². The second-order valence-corrected chi connectivity index (χ2v) is 8.14. The number of para-hydroxylation sites is 1. The number of anilines is 1. The molecule has 0 saturated carbocycles. The first-order valence-electron chi connectivity index (χ1n) is 9.70. The van der Waals surface area contributed by atoms with E-state index in [1.807, 2.05) is 11.8 Å². The maximum absolute atomic E-state index is 4.76. The fourth-order valence-corrected chi connectivity index (χ4v) is 4.49. The first-order valence-corrected chi connectivity index (χ1v) is 10.5. The van der Waals surface area contributed by atoms with E-state index in [0.717, 1.165) is 18.1 Å². The zero-order chi connectivity index (χ0) is 18.5. The van der Waals surface area contributed by atoms with Gasteiger partial charge in [0, 0.05) is 24.4 Å². The van der Waals surface area contributed by atoms with Gasteiger partial charge >= 0.3 is 5.82 Å². The molecule has 0 N–H and O–H groups in total. The van der Waals surface area contributed by atoms with Gasteiger partial charge < -0.3 is 4.90 Å². The fraction of sp³-hybridized carbons (Fsp3) is 0.455. The maximum atomic E-state index is 4.76. The van der Waals surface area contributed by atoms with Crippen LogP contribution in [0.25, 0.3) is 6.08 Å². The molecular formula is C22H30N3S+. The van der Waals surface area contributed by atoms with Crippen molar-refractivity contribution in [3.63, 3.8) is 0 Å². The fourth-order valence-electron chi connectivity index (χ4n) is 3.37. The molecule has 2 heterocycles. The predicted molar refractivity (Wildman–Crippen MR) is 111 cm³/mol. The molecule has 0 radical (unpaired) electrons. The molecule has 0 fully saturated rings. The molecule has 26 heavy (non-hydrogen) atoms. The zero-order valence-electron chi connectivity index (χ0n) is 16.5. The highest BCUT2D eigenvalue weighted by molar-refractivity contribution is 8.03. The van der Waals surface area contributed by atoms with E-state index >= 15 is 0 Å². The summed E-state index contributed by atoms with van der Waals surface area (Å²) in [5.74, 6) is 1.02. The molecule has 0 aliphatic carbocycles. The highest BCUT2D eigenvalue weighted by Gasteiger charge is 2.26. The lowest BCUT2D eigenvalue weighted by Gasteiger charge is -2.20. The third-order valence-electron chi connectivity index (χ3n) is 4.96. The third-order valence-corrected chi connectivity index (χ3v) is 6.07. The number of fused-ring (bicyclic) bond motifs is 1. The molecule has 1 aromatic carbocycles. The van der Waals surface area contributed by atoms with Gasteiger partial charge in [-0.05, 0) is 30.5 Å². The lowest BCUT2D eigenvalue weighted by Crippen LogP contribution is -2.37. The van der Waals surface area contributed by atoms with E-state index in [0.29, 0.717) is 0 Å². The lowest BCUT2D eigenvalue weighted by molar-refractivity contribution is -0.682. The number of hydrogen-bond donors (Lipinski definition) is 0. The van der Waals surface area contributed by atoms with Crippen LogP contribution >= 0.6 is 11.8 Å². The summed E-state index contributed by atoms with van der Waals surface area (Å²) in [5, 5.41) is 1.29. The topological polar surface area (TPSA) is 20.0 Å². The summed E-state index contributed by atoms with van der Waals surface area (Å²) in [7, 11) is 2.09. The van der Waals surface area contributed by atoms with Crippen LogP contribution in [0.15, 0.2) is 40.3 Å². The average molecular weight is 369 g/mol. The molecule has 3 rings (SSSR count). The summed E-state index contributed by atoms with van der Waals surface area (Å²) in [6, 6.07) is 10.9. The minimum absolute atomic E-state index is 1.02. The second kappa shape index (κ2) is 8.72. The van der Waals surface area contributed by atoms with Crippen molar-refractivity contribution < 1.29 is 4.57 Å². The quantitative estimate of drug-likeness (QED) is 0.482. The van der Waals surface area contributed by atoms with Crippen molar-refractivity contribution in [2.45, 2.75) is 57.8 Å². The number of benzene rings is 1. The van der Waals surface area contributed by atoms with Crippen molar-refractivity contribution in [1.82, 2.24) is 4.98 Å². The van der Waals surface area contributed by atoms with E-state index in [4.69, 9.17) is 4.98 Å². The number of aryl methyl sites for hydroxylation is 2. The summed E-state index contributed by atoms with van der Waals surface area (Å²) in [5.41, 5.74) is 3.64. The number of hydrogen-bond acceptors (Lipinski definition) is 3. The molecule has 0 bridgehead atoms. The summed E-state index contributed by atoms with van der Waals surface area (Å²) in [6.07, 6.45) is 8.76. The van der Waals surface area contributed by atoms with Crippen molar-refractivity contribution >= 4 is 23.5 Å². The Labute approximate surface area is 162 Å². The van der Waals surface area contributed by atoms with Crippen LogP contribution in [0.3, 0.4) is 0 Å². The monoisotopic (exact) mass is 368 g/mol. The van der Waals surface area contributed by atoms with Gasteiger partial charge in [0.15, 0.2) is 5.69 Å². The van der Waals surface area contributed by atoms with Crippen molar-refractivity contribution in [3.05, 3.63) is 52.6 Å². The third kappa shape index (κ3) is 4.29. The average Bonchev–Trinajstić information content (AvgIpc) is 2.96. The van der Waals surface area contributed by atoms with E-state index in [2.05, 4.69) is 73.7 Å². The van der Waals surface area contributed by atoms with Crippen LogP contribution < -0.4 is 9.47 Å². The van der Waals surface area contributed by atoms with E-state index in [1.54, 1.807) is 0 Å². The van der Waals surface area contributed by atoms with Gasteiger partial charge in [0.05, 0.1) is 23.8 Å². The van der Waals surface area contributed by atoms with Gasteiger partial charge in [-0.3, -0.25) is 0 Å². The number of unbranched alkanes of at least 4 members (excludes halogenated alkanes) is 4. The first-order chi connectivity index (χ1) is 12.6. The Balaban J connectivity index is 1.85. The molecule has 2 aromatic rings. The SMILES string of the molecule is CCCCCCCN1C(=Cc2nc(C)cc(C)[n+]2C)Sc2ccccc21. The number of nitrogens with zero attached hydrogens (tertiary/aromatic N) is 3. The molecule has 1 aliphatic rings. The normalized spacial score (nSPS) is 14.9. The summed E-state index contributed by atoms with van der Waals surface area (Å²) in [6.45, 7) is 7.55. The van der Waals surface area contributed by atoms with Gasteiger partial charge in [-0.15, -0.1) is 0 Å². The van der Waals surface area contributed by atoms with Gasteiger partial charge in [-0.2, -0.15) is 0 Å². The van der Waals surface area contributed by atoms with E-state index in [9.17, 15) is 0 Å². The van der Waals surface area contributed by atoms with Crippen molar-refractivity contribution in [3.8, 4) is 0 Å². The summed E-state index contributed by atoms with van der Waals surface area (Å²) >= 11 is 1.86. The van der Waals surface area contributed by atoms with E-state index in [-0.39, 0.29) is 0 Å². The van der Waals surface area contributed by atoms with Crippen LogP contribution in [-0.2, 0) is 7.05 Å². The second-order valence-electron chi connectivity index (χ2n) is 7.07. The standard InChI is InChI=1S/C22H30N3S/c1-5-6-7-8-11-14-25-19-12-9-10-13-20(19)26-22(25)16-21-23-17(2)15-18(3)24(21)4/h9-10,12-13,15-16H,5-8,11,14H2,1-4H3/q+1. The molecule has 1 aromatic heterocycles. The minimum Gasteiger partial charge on any atom is -0.335 e. The summed E-state index contributed by atoms with van der Waals surface area (Å²) in [4.78, 5) is 8.59. The molecule has 1 aliphatic heterocycles. The van der Waals surface area contributed by atoms with Gasteiger partial charge in [0.2, 0.25) is 0 Å². The smallest absolute Gasteiger partial charge is 0.325 e. The van der Waals surface area contributed by atoms with Crippen LogP contribution in [0.1, 0.15) is 56.2 Å². The minimum atomic E-state index is 1.02. The first kappa shape index (κ1) is 19.0. The van der Waals surface area contributed by atoms with Crippen LogP contribution in [0.2, 0.25) is 0 Å². The Kier molecular flexibility index (Phi) is 6.36. The van der Waals surface area contributed by atoms with E-state index < -0.39 is 0 Å². The highest BCUT2D eigenvalue weighted by atomic mass is 32.2. The van der Waals surface area contributed by atoms with Crippen molar-refractivity contribution in [2.75, 3.05) is 11.4 Å². The zero-order valence-corrected chi connectivity index (χ0v) is 17.3. The van der Waals surface area contributed by atoms with Crippen LogP contribution in [0.5, 0.6) is 0 Å². The number of thioether (sulfide) groups is 1. The van der Waals surface area contributed by atoms with Crippen LogP contribution in [0, 0.1) is 13.8 Å². The van der Waals surface area contributed by atoms with E-state index in [1.165, 1.54) is 53.4 Å². The lowest BCUT2D eigenvalue weighted by atomic mass is 10.1. The van der Waals surface area contributed by atoms with Crippen molar-refractivity contribution in [1.29, 1.82) is 0 Å². The Morgan fingerprint density at radius 3 is 2.69 bits per heavy atom. The largest absolute Gasteiger partial charge is 0.335 e. The van der Waals surface area contributed by atoms with Gasteiger partial charge in [-0.1, -0.05) is 56.5 Å². The Morgan fingerprint density at radius 2 is 1.88 bits per heavy atom. The molecule has 3 nitrogen and oxygen atoms in total. The molecule has 0 unspecified atom stereocenters. The molecule has 4 heteroatoms. The Bertz CT molecular complexity index is 798. The number of rotatable bonds is 7. The van der Waals surface area contributed by atoms with Crippen LogP contribution in [0.4, 0.5) is 5.69 Å². The Hall–Kier alpha value is -1.81. The predicted octanol–water partition coefficient (Wildman–Crippen LogP) is 5.40. The summed E-state index contributed by atoms with van der Waals surface area (Å²) < 4.78 is 2.17. The molecule has 0 spiro atoms. The molecule has 138 valence electrons. The highest BCUT2D eigenvalue weighted by Crippen LogP contribution is 2.46. The molecule has 0 atom stereocenters. The van der Waals surface area contributed by atoms with Crippen molar-refractivity contribution in [2.24, 2.45) is 7.05 Å². The molecular weight excluding hydrogens is 338 g/mol. The van der Waals surface area contributed by atoms with Gasteiger partial charge in [-0.25, -0.2) is 4.57 Å². The Morgan fingerprint density at radius 1 is 1.12 bits per heavy atom. The maximum Gasteiger partial charge on any atom is 0.325 e. The molecule has 0 amide bonds. The molecule has 0 saturated heterocycles.